The number of aliphatic hydroxyl groups is 1. The molecule has 0 fully saturated rings. The maximum absolute atomic E-state index is 12.7. The highest BCUT2D eigenvalue weighted by atomic mass is 32.1. The monoisotopic (exact) mass is 486 g/mol. The van der Waals surface area contributed by atoms with Crippen molar-refractivity contribution in [2.45, 2.75) is 6.92 Å². The predicted molar refractivity (Wildman–Crippen MR) is 119 cm³/mol. The van der Waals surface area contributed by atoms with Gasteiger partial charge in [-0.2, -0.15) is 5.10 Å². The largest absolute Gasteiger partial charge is 0.488 e. The third-order valence-corrected chi connectivity index (χ3v) is 5.03. The van der Waals surface area contributed by atoms with Gasteiger partial charge in [-0.25, -0.2) is 19.4 Å². The van der Waals surface area contributed by atoms with Gasteiger partial charge >= 0.3 is 5.63 Å². The van der Waals surface area contributed by atoms with Crippen LogP contribution in [0.3, 0.4) is 0 Å². The van der Waals surface area contributed by atoms with Crippen molar-refractivity contribution in [3.8, 4) is 16.6 Å². The molecule has 0 aliphatic carbocycles. The summed E-state index contributed by atoms with van der Waals surface area (Å²) in [5, 5.41) is 26.9. The fourth-order valence-corrected chi connectivity index (χ4v) is 3.46. The quantitative estimate of drug-likeness (QED) is 0.308. The highest BCUT2D eigenvalue weighted by Crippen LogP contribution is 2.25. The molecular formula is C19H18N8O6S. The average molecular weight is 486 g/mol. The van der Waals surface area contributed by atoms with Crippen LogP contribution in [0.15, 0.2) is 39.9 Å². The van der Waals surface area contributed by atoms with Crippen LogP contribution in [-0.2, 0) is 0 Å². The molecule has 4 heterocycles. The Balaban J connectivity index is 1.53. The summed E-state index contributed by atoms with van der Waals surface area (Å²) >= 11 is 1.09. The van der Waals surface area contributed by atoms with E-state index >= 15 is 0 Å². The van der Waals surface area contributed by atoms with Crippen LogP contribution in [0.4, 0.5) is 16.8 Å². The van der Waals surface area contributed by atoms with Crippen LogP contribution in [0.5, 0.6) is 11.5 Å². The van der Waals surface area contributed by atoms with E-state index in [9.17, 15) is 9.59 Å². The molecule has 0 saturated carbocycles. The number of carbonyl (C=O) groups excluding carboxylic acids is 1. The molecule has 0 atom stereocenters. The first kappa shape index (κ1) is 22.8. The van der Waals surface area contributed by atoms with E-state index in [0.29, 0.717) is 10.9 Å². The molecule has 14 nitrogen and oxygen atoms in total. The molecule has 3 N–H and O–H groups in total. The number of hydrogen-bond donors (Lipinski definition) is 3. The smallest absolute Gasteiger partial charge is 0.381 e. The van der Waals surface area contributed by atoms with Crippen LogP contribution in [0, 0.1) is 6.92 Å². The minimum absolute atomic E-state index is 0.0970. The molecule has 1 amide bonds. The van der Waals surface area contributed by atoms with Gasteiger partial charge in [0.1, 0.15) is 6.61 Å². The Bertz CT molecular complexity index is 1350. The van der Waals surface area contributed by atoms with Crippen molar-refractivity contribution in [1.29, 1.82) is 0 Å². The number of nitrogens with one attached hydrogen (secondary N) is 2. The third kappa shape index (κ3) is 5.00. The van der Waals surface area contributed by atoms with E-state index in [2.05, 4.69) is 35.9 Å². The number of aromatic nitrogens is 6. The molecule has 0 aliphatic heterocycles. The zero-order valence-corrected chi connectivity index (χ0v) is 18.7. The summed E-state index contributed by atoms with van der Waals surface area (Å²) in [6, 6.07) is 3.08. The topological polar surface area (TPSA) is 179 Å². The second kappa shape index (κ2) is 10.1. The summed E-state index contributed by atoms with van der Waals surface area (Å²) in [5.74, 6) is -0.747. The number of anilines is 3. The van der Waals surface area contributed by atoms with Gasteiger partial charge in [0.25, 0.3) is 5.91 Å². The van der Waals surface area contributed by atoms with Crippen molar-refractivity contribution in [3.63, 3.8) is 0 Å². The van der Waals surface area contributed by atoms with Crippen molar-refractivity contribution in [1.82, 2.24) is 29.9 Å². The lowest BCUT2D eigenvalue weighted by Gasteiger charge is -2.10. The molecule has 176 valence electrons. The van der Waals surface area contributed by atoms with E-state index in [1.165, 1.54) is 25.6 Å². The lowest BCUT2D eigenvalue weighted by Crippen LogP contribution is -2.17. The van der Waals surface area contributed by atoms with Gasteiger partial charge < -0.3 is 24.3 Å². The molecule has 15 heteroatoms. The molecule has 0 aliphatic rings. The predicted octanol–water partition coefficient (Wildman–Crippen LogP) is 1.15. The van der Waals surface area contributed by atoms with Crippen LogP contribution in [0.25, 0.3) is 5.13 Å². The minimum atomic E-state index is -0.884. The molecule has 0 aromatic carbocycles. The molecule has 0 spiro atoms. The summed E-state index contributed by atoms with van der Waals surface area (Å²) < 4.78 is 17.0. The number of hydrogen-bond acceptors (Lipinski definition) is 13. The molecule has 0 radical (unpaired) electrons. The van der Waals surface area contributed by atoms with Crippen molar-refractivity contribution in [3.05, 3.63) is 52.6 Å². The third-order valence-electron chi connectivity index (χ3n) is 4.22. The summed E-state index contributed by atoms with van der Waals surface area (Å²) in [6.07, 6.45) is 4.38. The number of aliphatic hydroxyl groups excluding tert-OH is 1. The number of carbonyl (C=O) groups is 1. The summed E-state index contributed by atoms with van der Waals surface area (Å²) in [5.41, 5.74) is 0.0739. The van der Waals surface area contributed by atoms with Gasteiger partial charge in [0, 0.05) is 18.0 Å². The first-order valence-electron chi connectivity index (χ1n) is 9.69. The Morgan fingerprint density at radius 1 is 1.29 bits per heavy atom. The number of amides is 1. The second-order valence-corrected chi connectivity index (χ2v) is 7.47. The van der Waals surface area contributed by atoms with Crippen molar-refractivity contribution >= 4 is 34.0 Å². The number of rotatable bonds is 9. The Hall–Kier alpha value is -4.37. The maximum atomic E-state index is 12.7. The molecule has 4 aromatic rings. The normalized spacial score (nSPS) is 10.7. The van der Waals surface area contributed by atoms with Crippen LogP contribution in [0.2, 0.25) is 0 Å². The number of methoxy groups -OCH3 is 1. The standard InChI is InChI=1S/C19H18N8O6S/c1-10-3-4-22-27(10)19-26-25-18(34-19)24-15(29)13-7-12(14(31-2)16(30)33-13)23-17-20-8-11(9-21-17)32-6-5-28/h3-4,7-9,28H,5-6H2,1-2H3,(H,20,21,23)(H,24,25,29). The highest BCUT2D eigenvalue weighted by Gasteiger charge is 2.20. The summed E-state index contributed by atoms with van der Waals surface area (Å²) in [7, 11) is 1.28. The van der Waals surface area contributed by atoms with Crippen LogP contribution in [0.1, 0.15) is 16.2 Å². The van der Waals surface area contributed by atoms with Crippen molar-refractivity contribution in [2.24, 2.45) is 0 Å². The van der Waals surface area contributed by atoms with Crippen LogP contribution in [-0.4, -0.2) is 61.3 Å². The van der Waals surface area contributed by atoms with E-state index < -0.39 is 11.5 Å². The van der Waals surface area contributed by atoms with Crippen molar-refractivity contribution in [2.75, 3.05) is 31.0 Å². The van der Waals surface area contributed by atoms with E-state index in [4.69, 9.17) is 19.0 Å². The van der Waals surface area contributed by atoms with Gasteiger partial charge in [-0.1, -0.05) is 11.3 Å². The van der Waals surface area contributed by atoms with Crippen molar-refractivity contribution < 1.29 is 23.8 Å². The molecule has 4 rings (SSSR count). The number of nitrogens with zero attached hydrogens (tertiary/aromatic N) is 6. The molecule has 0 unspecified atom stereocenters. The summed E-state index contributed by atoms with van der Waals surface area (Å²) in [6.45, 7) is 1.80. The first-order valence-corrected chi connectivity index (χ1v) is 10.5. The van der Waals surface area contributed by atoms with Gasteiger partial charge in [-0.05, 0) is 13.0 Å². The molecular weight excluding hydrogens is 468 g/mol. The van der Waals surface area contributed by atoms with E-state index in [1.54, 1.807) is 16.9 Å². The molecule has 34 heavy (non-hydrogen) atoms. The van der Waals surface area contributed by atoms with E-state index in [0.717, 1.165) is 17.0 Å². The van der Waals surface area contributed by atoms with Gasteiger partial charge in [-0.15, -0.1) is 10.2 Å². The van der Waals surface area contributed by atoms with Gasteiger partial charge in [0.2, 0.25) is 22.0 Å². The van der Waals surface area contributed by atoms with Gasteiger partial charge in [-0.3, -0.25) is 10.1 Å². The molecule has 0 saturated heterocycles. The Labute approximate surface area is 195 Å². The fraction of sp³-hybridized carbons (Fsp3) is 0.211. The second-order valence-electron chi connectivity index (χ2n) is 6.51. The lowest BCUT2D eigenvalue weighted by atomic mass is 10.3. The maximum Gasteiger partial charge on any atom is 0.381 e. The summed E-state index contributed by atoms with van der Waals surface area (Å²) in [4.78, 5) is 33.2. The zero-order chi connectivity index (χ0) is 24.1. The van der Waals surface area contributed by atoms with Crippen LogP contribution < -0.4 is 25.7 Å². The molecule has 4 aromatic heterocycles. The molecule has 0 bridgehead atoms. The average Bonchev–Trinajstić information content (AvgIpc) is 3.47. The van der Waals surface area contributed by atoms with Gasteiger partial charge in [0.05, 0.1) is 31.8 Å². The van der Waals surface area contributed by atoms with Gasteiger partial charge in [0.15, 0.2) is 11.5 Å². The van der Waals surface area contributed by atoms with Crippen LogP contribution >= 0.6 is 11.3 Å². The Morgan fingerprint density at radius 2 is 2.09 bits per heavy atom. The van der Waals surface area contributed by atoms with E-state index in [1.807, 2.05) is 6.92 Å². The minimum Gasteiger partial charge on any atom is -0.488 e. The van der Waals surface area contributed by atoms with E-state index in [-0.39, 0.29) is 41.5 Å². The Morgan fingerprint density at radius 3 is 2.76 bits per heavy atom. The SMILES string of the molecule is COc1c(Nc2ncc(OCCO)cn2)cc(C(=O)Nc2nnc(-n3nccc3C)s2)oc1=O. The zero-order valence-electron chi connectivity index (χ0n) is 17.9. The number of ether oxygens (including phenoxy) is 2. The first-order chi connectivity index (χ1) is 16.5. The number of aryl methyl sites for hydroxylation is 1. The fourth-order valence-electron chi connectivity index (χ4n) is 2.70. The lowest BCUT2D eigenvalue weighted by molar-refractivity contribution is 0.0991. The Kier molecular flexibility index (Phi) is 6.74. The highest BCUT2D eigenvalue weighted by molar-refractivity contribution is 7.17.